The molecular weight excluding hydrogens is 362 g/mol. The number of aromatic nitrogens is 4. The lowest BCUT2D eigenvalue weighted by molar-refractivity contribution is 0.0924. The van der Waals surface area contributed by atoms with Crippen molar-refractivity contribution in [3.63, 3.8) is 0 Å². The maximum absolute atomic E-state index is 13.2. The number of fused-ring (bicyclic) bond motifs is 1. The first-order chi connectivity index (χ1) is 13.7. The van der Waals surface area contributed by atoms with Gasteiger partial charge >= 0.3 is 0 Å². The summed E-state index contributed by atoms with van der Waals surface area (Å²) in [6.07, 6.45) is 2.10. The molecule has 0 radical (unpaired) electrons. The summed E-state index contributed by atoms with van der Waals surface area (Å²) in [5.41, 5.74) is 1.81. The monoisotopic (exact) mass is 381 g/mol. The summed E-state index contributed by atoms with van der Waals surface area (Å²) in [5, 5.41) is 14.3. The van der Waals surface area contributed by atoms with Crippen LogP contribution in [0, 0.1) is 0 Å². The van der Waals surface area contributed by atoms with Gasteiger partial charge in [0.25, 0.3) is 5.91 Å². The molecule has 1 aromatic heterocycles. The summed E-state index contributed by atoms with van der Waals surface area (Å²) >= 11 is 0. The number of nitrogens with zero attached hydrogens (tertiary/aromatic N) is 4. The fourth-order valence-electron chi connectivity index (χ4n) is 3.24. The van der Waals surface area contributed by atoms with E-state index in [4.69, 9.17) is 14.2 Å². The molecule has 2 aromatic carbocycles. The van der Waals surface area contributed by atoms with E-state index in [2.05, 4.69) is 20.8 Å². The third-order valence-corrected chi connectivity index (χ3v) is 4.61. The first-order valence-corrected chi connectivity index (χ1v) is 8.73. The first kappa shape index (κ1) is 17.8. The molecule has 1 aliphatic rings. The van der Waals surface area contributed by atoms with Gasteiger partial charge in [0, 0.05) is 18.1 Å². The van der Waals surface area contributed by atoms with Crippen LogP contribution in [-0.2, 0) is 0 Å². The second kappa shape index (κ2) is 7.55. The zero-order chi connectivity index (χ0) is 19.5. The minimum Gasteiger partial charge on any atom is -0.493 e. The predicted octanol–water partition coefficient (Wildman–Crippen LogP) is 1.93. The van der Waals surface area contributed by atoms with Crippen LogP contribution in [0.5, 0.6) is 17.2 Å². The first-order valence-electron chi connectivity index (χ1n) is 8.73. The molecule has 0 fully saturated rings. The molecular formula is C19H19N5O4. The van der Waals surface area contributed by atoms with Crippen molar-refractivity contribution in [1.82, 2.24) is 25.5 Å². The Bertz CT molecular complexity index is 990. The summed E-state index contributed by atoms with van der Waals surface area (Å²) in [7, 11) is 3.05. The second-order valence-corrected chi connectivity index (χ2v) is 6.18. The molecule has 1 unspecified atom stereocenters. The number of hydrogen-bond acceptors (Lipinski definition) is 7. The van der Waals surface area contributed by atoms with E-state index < -0.39 is 0 Å². The van der Waals surface area contributed by atoms with Crippen LogP contribution in [0.2, 0.25) is 0 Å². The third kappa shape index (κ3) is 3.22. The number of carbonyl (C=O) groups excluding carboxylic acids is 1. The van der Waals surface area contributed by atoms with Crippen molar-refractivity contribution < 1.29 is 19.0 Å². The van der Waals surface area contributed by atoms with Crippen molar-refractivity contribution in [2.45, 2.75) is 12.5 Å². The fraction of sp³-hybridized carbons (Fsp3) is 0.263. The Hall–Kier alpha value is -3.62. The lowest BCUT2D eigenvalue weighted by atomic mass is 10.00. The molecule has 9 nitrogen and oxygen atoms in total. The summed E-state index contributed by atoms with van der Waals surface area (Å²) in [6, 6.07) is 10.8. The van der Waals surface area contributed by atoms with Gasteiger partial charge in [0.2, 0.25) is 0 Å². The number of ether oxygens (including phenoxy) is 3. The molecule has 0 saturated heterocycles. The molecule has 0 bridgehead atoms. The lowest BCUT2D eigenvalue weighted by Crippen LogP contribution is -2.32. The van der Waals surface area contributed by atoms with Crippen LogP contribution in [0.1, 0.15) is 28.4 Å². The number of para-hydroxylation sites is 1. The summed E-state index contributed by atoms with van der Waals surface area (Å²) in [6.45, 7) is 0.535. The summed E-state index contributed by atoms with van der Waals surface area (Å²) in [5.74, 6) is 1.43. The van der Waals surface area contributed by atoms with Gasteiger partial charge in [-0.1, -0.05) is 18.2 Å². The molecule has 3 aromatic rings. The molecule has 0 spiro atoms. The highest BCUT2D eigenvalue weighted by Gasteiger charge is 2.25. The van der Waals surface area contributed by atoms with Gasteiger partial charge in [0.05, 0.1) is 38.1 Å². The fourth-order valence-corrected chi connectivity index (χ4v) is 3.24. The Morgan fingerprint density at radius 1 is 1.21 bits per heavy atom. The molecule has 0 saturated carbocycles. The number of benzene rings is 2. The highest BCUT2D eigenvalue weighted by molar-refractivity contribution is 5.99. The molecule has 1 N–H and O–H groups in total. The van der Waals surface area contributed by atoms with E-state index in [0.29, 0.717) is 35.8 Å². The number of carbonyl (C=O) groups is 1. The highest BCUT2D eigenvalue weighted by atomic mass is 16.5. The molecule has 144 valence electrons. The van der Waals surface area contributed by atoms with Gasteiger partial charge < -0.3 is 19.5 Å². The van der Waals surface area contributed by atoms with E-state index in [-0.39, 0.29) is 11.9 Å². The van der Waals surface area contributed by atoms with Crippen molar-refractivity contribution >= 4 is 5.91 Å². The number of rotatable bonds is 5. The Balaban J connectivity index is 1.71. The molecule has 1 amide bonds. The molecule has 9 heteroatoms. The molecule has 2 heterocycles. The number of hydrogen-bond donors (Lipinski definition) is 1. The molecule has 1 aliphatic heterocycles. The van der Waals surface area contributed by atoms with E-state index in [9.17, 15) is 4.79 Å². The third-order valence-electron chi connectivity index (χ3n) is 4.61. The van der Waals surface area contributed by atoms with Crippen LogP contribution >= 0.6 is 0 Å². The number of amides is 1. The summed E-state index contributed by atoms with van der Waals surface area (Å²) < 4.78 is 17.8. The van der Waals surface area contributed by atoms with Crippen LogP contribution in [0.25, 0.3) is 5.69 Å². The predicted molar refractivity (Wildman–Crippen MR) is 99.0 cm³/mol. The highest BCUT2D eigenvalue weighted by Crippen LogP contribution is 2.34. The van der Waals surface area contributed by atoms with Gasteiger partial charge in [0.1, 0.15) is 12.1 Å². The van der Waals surface area contributed by atoms with Gasteiger partial charge in [-0.3, -0.25) is 4.79 Å². The molecule has 28 heavy (non-hydrogen) atoms. The van der Waals surface area contributed by atoms with Crippen LogP contribution < -0.4 is 19.5 Å². The van der Waals surface area contributed by atoms with Crippen LogP contribution in [-0.4, -0.2) is 46.9 Å². The van der Waals surface area contributed by atoms with Crippen molar-refractivity contribution in [1.29, 1.82) is 0 Å². The van der Waals surface area contributed by atoms with Crippen molar-refractivity contribution in [2.75, 3.05) is 20.8 Å². The number of tetrazole rings is 1. The number of nitrogens with one attached hydrogen (secondary N) is 1. The maximum atomic E-state index is 13.2. The van der Waals surface area contributed by atoms with Crippen LogP contribution in [0.4, 0.5) is 0 Å². The van der Waals surface area contributed by atoms with E-state index in [1.165, 1.54) is 25.2 Å². The van der Waals surface area contributed by atoms with Crippen molar-refractivity contribution in [2.24, 2.45) is 0 Å². The SMILES string of the molecule is COc1cc(C(=O)NC2CCOc3ccccc32)c(-n2cnnn2)cc1OC. The van der Waals surface area contributed by atoms with Gasteiger partial charge in [-0.15, -0.1) is 5.10 Å². The normalized spacial score (nSPS) is 15.3. The zero-order valence-corrected chi connectivity index (χ0v) is 15.5. The van der Waals surface area contributed by atoms with Gasteiger partial charge in [-0.05, 0) is 22.6 Å². The van der Waals surface area contributed by atoms with Gasteiger partial charge in [0.15, 0.2) is 11.5 Å². The second-order valence-electron chi connectivity index (χ2n) is 6.18. The van der Waals surface area contributed by atoms with E-state index in [1.54, 1.807) is 12.1 Å². The van der Waals surface area contributed by atoms with E-state index in [1.807, 2.05) is 24.3 Å². The Morgan fingerprint density at radius 2 is 2.00 bits per heavy atom. The van der Waals surface area contributed by atoms with Gasteiger partial charge in [-0.2, -0.15) is 4.68 Å². The van der Waals surface area contributed by atoms with E-state index in [0.717, 1.165) is 11.3 Å². The Labute approximate surface area is 161 Å². The zero-order valence-electron chi connectivity index (χ0n) is 15.5. The average molecular weight is 381 g/mol. The van der Waals surface area contributed by atoms with Crippen molar-refractivity contribution in [3.05, 3.63) is 53.9 Å². The van der Waals surface area contributed by atoms with E-state index >= 15 is 0 Å². The minimum absolute atomic E-state index is 0.160. The number of methoxy groups -OCH3 is 2. The van der Waals surface area contributed by atoms with Gasteiger partial charge in [-0.25, -0.2) is 0 Å². The smallest absolute Gasteiger partial charge is 0.254 e. The van der Waals surface area contributed by atoms with Crippen LogP contribution in [0.3, 0.4) is 0 Å². The summed E-state index contributed by atoms with van der Waals surface area (Å²) in [4.78, 5) is 13.2. The quantitative estimate of drug-likeness (QED) is 0.721. The maximum Gasteiger partial charge on any atom is 0.254 e. The van der Waals surface area contributed by atoms with Crippen molar-refractivity contribution in [3.8, 4) is 22.9 Å². The Kier molecular flexibility index (Phi) is 4.79. The van der Waals surface area contributed by atoms with Crippen LogP contribution in [0.15, 0.2) is 42.7 Å². The largest absolute Gasteiger partial charge is 0.493 e. The molecule has 4 rings (SSSR count). The average Bonchev–Trinajstić information content (AvgIpc) is 3.27. The Morgan fingerprint density at radius 3 is 2.75 bits per heavy atom. The topological polar surface area (TPSA) is 100 Å². The standard InChI is InChI=1S/C19H19N5O4/c1-26-17-9-13(15(10-18(17)27-2)24-11-20-22-23-24)19(25)21-14-7-8-28-16-6-4-3-5-12(14)16/h3-6,9-11,14H,7-8H2,1-2H3,(H,21,25). The molecule has 0 aliphatic carbocycles. The lowest BCUT2D eigenvalue weighted by Gasteiger charge is -2.27. The minimum atomic E-state index is -0.270. The molecule has 1 atom stereocenters.